The van der Waals surface area contributed by atoms with Crippen molar-refractivity contribution in [3.05, 3.63) is 28.2 Å². The van der Waals surface area contributed by atoms with Gasteiger partial charge in [0.1, 0.15) is 6.04 Å². The van der Waals surface area contributed by atoms with E-state index in [1.54, 1.807) is 6.07 Å². The molecule has 1 unspecified atom stereocenters. The molecule has 8 heteroatoms. The van der Waals surface area contributed by atoms with Gasteiger partial charge in [0.25, 0.3) is 0 Å². The lowest BCUT2D eigenvalue weighted by Crippen LogP contribution is -2.51. The van der Waals surface area contributed by atoms with Crippen LogP contribution in [0.2, 0.25) is 0 Å². The Balaban J connectivity index is 2.02. The fourth-order valence-corrected chi connectivity index (χ4v) is 2.51. The van der Waals surface area contributed by atoms with Crippen molar-refractivity contribution in [2.75, 3.05) is 11.9 Å². The topological polar surface area (TPSA) is 108 Å². The molecule has 21 heavy (non-hydrogen) atoms. The summed E-state index contributed by atoms with van der Waals surface area (Å²) >= 11 is 3.18. The molecule has 7 nitrogen and oxygen atoms in total. The summed E-state index contributed by atoms with van der Waals surface area (Å²) in [7, 11) is 0. The first kappa shape index (κ1) is 15.3. The summed E-state index contributed by atoms with van der Waals surface area (Å²) in [5.41, 5.74) is 0.380. The molecule has 1 heterocycles. The van der Waals surface area contributed by atoms with Crippen molar-refractivity contribution < 1.29 is 19.5 Å². The Hall–Kier alpha value is -2.09. The van der Waals surface area contributed by atoms with Crippen molar-refractivity contribution in [1.82, 2.24) is 10.6 Å². The zero-order valence-electron chi connectivity index (χ0n) is 11.0. The van der Waals surface area contributed by atoms with E-state index in [9.17, 15) is 14.4 Å². The minimum Gasteiger partial charge on any atom is -0.478 e. The van der Waals surface area contributed by atoms with E-state index in [-0.39, 0.29) is 11.5 Å². The molecule has 0 aliphatic carbocycles. The number of amides is 3. The number of hydrogen-bond donors (Lipinski definition) is 4. The number of benzene rings is 1. The molecule has 1 fully saturated rings. The van der Waals surface area contributed by atoms with Gasteiger partial charge < -0.3 is 21.1 Å². The number of aromatic carboxylic acids is 1. The van der Waals surface area contributed by atoms with Gasteiger partial charge in [-0.25, -0.2) is 9.59 Å². The summed E-state index contributed by atoms with van der Waals surface area (Å²) in [6.45, 7) is 0.617. The summed E-state index contributed by atoms with van der Waals surface area (Å²) in [5.74, 6) is -1.30. The smallest absolute Gasteiger partial charge is 0.335 e. The maximum atomic E-state index is 11.9. The Morgan fingerprint density at radius 1 is 1.33 bits per heavy atom. The number of carboxylic acids is 1. The van der Waals surface area contributed by atoms with Crippen LogP contribution in [0.5, 0.6) is 0 Å². The number of rotatable bonds is 3. The van der Waals surface area contributed by atoms with E-state index in [0.717, 1.165) is 6.42 Å². The van der Waals surface area contributed by atoms with Crippen molar-refractivity contribution >= 4 is 39.5 Å². The lowest BCUT2D eigenvalue weighted by molar-refractivity contribution is -0.124. The number of nitrogens with one attached hydrogen (secondary N) is 3. The molecule has 0 saturated carbocycles. The number of carboxylic acid groups (broad SMARTS) is 1. The molecule has 0 spiro atoms. The van der Waals surface area contributed by atoms with Gasteiger partial charge in [-0.15, -0.1) is 0 Å². The van der Waals surface area contributed by atoms with E-state index in [2.05, 4.69) is 31.9 Å². The van der Waals surface area contributed by atoms with Crippen LogP contribution in [0.3, 0.4) is 0 Å². The SMILES string of the molecule is O=C(Nc1cc(Br)cc(C(=O)O)c1)NC1CCCNC1=O. The molecule has 1 saturated heterocycles. The van der Waals surface area contributed by atoms with Crippen LogP contribution in [0.4, 0.5) is 10.5 Å². The number of urea groups is 1. The van der Waals surface area contributed by atoms with Crippen molar-refractivity contribution in [1.29, 1.82) is 0 Å². The average Bonchev–Trinajstić information content (AvgIpc) is 2.40. The molecule has 0 aromatic heterocycles. The van der Waals surface area contributed by atoms with Gasteiger partial charge in [0, 0.05) is 16.7 Å². The van der Waals surface area contributed by atoms with Gasteiger partial charge in [-0.2, -0.15) is 0 Å². The lowest BCUT2D eigenvalue weighted by Gasteiger charge is -2.22. The van der Waals surface area contributed by atoms with Crippen LogP contribution in [0, 0.1) is 0 Å². The van der Waals surface area contributed by atoms with Crippen LogP contribution >= 0.6 is 15.9 Å². The van der Waals surface area contributed by atoms with E-state index in [1.807, 2.05) is 0 Å². The summed E-state index contributed by atoms with van der Waals surface area (Å²) in [4.78, 5) is 34.3. The van der Waals surface area contributed by atoms with Crippen molar-refractivity contribution in [2.45, 2.75) is 18.9 Å². The zero-order chi connectivity index (χ0) is 15.4. The van der Waals surface area contributed by atoms with Crippen molar-refractivity contribution in [2.24, 2.45) is 0 Å². The number of anilines is 1. The molecular weight excluding hydrogens is 342 g/mol. The van der Waals surface area contributed by atoms with Crippen LogP contribution < -0.4 is 16.0 Å². The van der Waals surface area contributed by atoms with Crippen LogP contribution in [0.15, 0.2) is 22.7 Å². The van der Waals surface area contributed by atoms with Crippen LogP contribution in [-0.4, -0.2) is 35.6 Å². The Bertz CT molecular complexity index is 591. The molecule has 4 N–H and O–H groups in total. The van der Waals surface area contributed by atoms with E-state index in [1.165, 1.54) is 12.1 Å². The predicted octanol–water partition coefficient (Wildman–Crippen LogP) is 1.55. The van der Waals surface area contributed by atoms with Crippen molar-refractivity contribution in [3.8, 4) is 0 Å². The molecule has 112 valence electrons. The van der Waals surface area contributed by atoms with E-state index in [4.69, 9.17) is 5.11 Å². The molecule has 1 aromatic carbocycles. The average molecular weight is 356 g/mol. The molecule has 2 rings (SSSR count). The maximum Gasteiger partial charge on any atom is 0.335 e. The lowest BCUT2D eigenvalue weighted by atomic mass is 10.1. The Labute approximate surface area is 129 Å². The predicted molar refractivity (Wildman–Crippen MR) is 79.3 cm³/mol. The summed E-state index contributed by atoms with van der Waals surface area (Å²) < 4.78 is 0.535. The maximum absolute atomic E-state index is 11.9. The van der Waals surface area contributed by atoms with Crippen LogP contribution in [0.25, 0.3) is 0 Å². The normalized spacial score (nSPS) is 17.8. The number of carbonyl (C=O) groups excluding carboxylic acids is 2. The Kier molecular flexibility index (Phi) is 4.79. The summed E-state index contributed by atoms with van der Waals surface area (Å²) in [5, 5.41) is 16.7. The van der Waals surface area contributed by atoms with E-state index >= 15 is 0 Å². The highest BCUT2D eigenvalue weighted by Crippen LogP contribution is 2.19. The second-order valence-electron chi connectivity index (χ2n) is 4.62. The Morgan fingerprint density at radius 3 is 2.76 bits per heavy atom. The highest BCUT2D eigenvalue weighted by molar-refractivity contribution is 9.10. The fraction of sp³-hybridized carbons (Fsp3) is 0.308. The van der Waals surface area contributed by atoms with Crippen LogP contribution in [0.1, 0.15) is 23.2 Å². The minimum atomic E-state index is -1.09. The molecule has 3 amide bonds. The number of piperidine rings is 1. The van der Waals surface area contributed by atoms with Crippen molar-refractivity contribution in [3.63, 3.8) is 0 Å². The van der Waals surface area contributed by atoms with Gasteiger partial charge in [-0.1, -0.05) is 15.9 Å². The first-order valence-corrected chi connectivity index (χ1v) is 7.14. The summed E-state index contributed by atoms with van der Waals surface area (Å²) in [6.07, 6.45) is 1.38. The first-order chi connectivity index (χ1) is 9.95. The van der Waals surface area contributed by atoms with Gasteiger partial charge in [-0.05, 0) is 31.0 Å². The van der Waals surface area contributed by atoms with Gasteiger partial charge in [0.2, 0.25) is 5.91 Å². The van der Waals surface area contributed by atoms with Gasteiger partial charge in [0.05, 0.1) is 5.56 Å². The molecular formula is C13H14BrN3O4. The molecule has 1 aliphatic heterocycles. The van der Waals surface area contributed by atoms with Gasteiger partial charge in [-0.3, -0.25) is 4.79 Å². The largest absolute Gasteiger partial charge is 0.478 e. The molecule has 0 radical (unpaired) electrons. The van der Waals surface area contributed by atoms with Gasteiger partial charge >= 0.3 is 12.0 Å². The third kappa shape index (κ3) is 4.19. The third-order valence-electron chi connectivity index (χ3n) is 2.99. The zero-order valence-corrected chi connectivity index (χ0v) is 12.6. The number of carbonyl (C=O) groups is 3. The second-order valence-corrected chi connectivity index (χ2v) is 5.53. The van der Waals surface area contributed by atoms with E-state index < -0.39 is 18.0 Å². The van der Waals surface area contributed by atoms with Crippen LogP contribution in [-0.2, 0) is 4.79 Å². The summed E-state index contributed by atoms with van der Waals surface area (Å²) in [6, 6.07) is 3.23. The highest BCUT2D eigenvalue weighted by atomic mass is 79.9. The highest BCUT2D eigenvalue weighted by Gasteiger charge is 2.23. The van der Waals surface area contributed by atoms with Gasteiger partial charge in [0.15, 0.2) is 0 Å². The monoisotopic (exact) mass is 355 g/mol. The third-order valence-corrected chi connectivity index (χ3v) is 3.45. The second kappa shape index (κ2) is 6.57. The number of hydrogen-bond acceptors (Lipinski definition) is 3. The fourth-order valence-electron chi connectivity index (χ4n) is 2.02. The van der Waals surface area contributed by atoms with E-state index in [0.29, 0.717) is 23.1 Å². The number of halogens is 1. The molecule has 1 aromatic rings. The standard InChI is InChI=1S/C13H14BrN3O4/c14-8-4-7(12(19)20)5-9(6-8)16-13(21)17-10-2-1-3-15-11(10)18/h4-6,10H,1-3H2,(H,15,18)(H,19,20)(H2,16,17,21). The quantitative estimate of drug-likeness (QED) is 0.659. The molecule has 1 atom stereocenters. The molecule has 1 aliphatic rings. The first-order valence-electron chi connectivity index (χ1n) is 6.35. The Morgan fingerprint density at radius 2 is 2.10 bits per heavy atom. The molecule has 0 bridgehead atoms. The minimum absolute atomic E-state index is 0.0510.